The number of rotatable bonds is 3. The Hall–Kier alpha value is -0.770. The van der Waals surface area contributed by atoms with Crippen LogP contribution in [0, 0.1) is 0 Å². The molecule has 1 atom stereocenters. The normalized spacial score (nSPS) is 26.4. The minimum absolute atomic E-state index is 0.223. The van der Waals surface area contributed by atoms with Crippen LogP contribution in [0.2, 0.25) is 5.02 Å². The topological polar surface area (TPSA) is 24.5 Å². The van der Waals surface area contributed by atoms with E-state index in [9.17, 15) is 0 Å². The third-order valence-electron chi connectivity index (χ3n) is 4.55. The van der Waals surface area contributed by atoms with E-state index in [-0.39, 0.29) is 5.54 Å². The molecule has 1 aromatic carbocycles. The molecule has 1 saturated heterocycles. The maximum absolute atomic E-state index is 6.24. The molecule has 2 aliphatic heterocycles. The van der Waals surface area contributed by atoms with Crippen LogP contribution in [0.15, 0.2) is 12.1 Å². The summed E-state index contributed by atoms with van der Waals surface area (Å²) in [5.41, 5.74) is 2.73. The largest absolute Gasteiger partial charge is 0.493 e. The van der Waals surface area contributed by atoms with Crippen LogP contribution in [0.1, 0.15) is 31.4 Å². The molecule has 110 valence electrons. The summed E-state index contributed by atoms with van der Waals surface area (Å²) >= 11 is 6.24. The summed E-state index contributed by atoms with van der Waals surface area (Å²) in [5.74, 6) is 1.08. The molecule has 3 rings (SSSR count). The lowest BCUT2D eigenvalue weighted by Crippen LogP contribution is -2.58. The predicted molar refractivity (Wildman–Crippen MR) is 82.6 cm³/mol. The van der Waals surface area contributed by atoms with Gasteiger partial charge in [0.2, 0.25) is 0 Å². The quantitative estimate of drug-likeness (QED) is 0.928. The van der Waals surface area contributed by atoms with Gasteiger partial charge < -0.3 is 10.1 Å². The van der Waals surface area contributed by atoms with E-state index in [1.807, 2.05) is 6.07 Å². The van der Waals surface area contributed by atoms with Gasteiger partial charge in [0.1, 0.15) is 5.75 Å². The SMILES string of the molecule is CCC1(C)CN(Cc2cc(Cl)cc3c2OCC3)CCN1. The molecule has 1 aromatic rings. The first-order valence-electron chi connectivity index (χ1n) is 7.51. The summed E-state index contributed by atoms with van der Waals surface area (Å²) in [4.78, 5) is 2.51. The first-order chi connectivity index (χ1) is 9.59. The maximum Gasteiger partial charge on any atom is 0.127 e. The summed E-state index contributed by atoms with van der Waals surface area (Å²) in [6.45, 7) is 9.47. The molecular weight excluding hydrogens is 272 g/mol. The lowest BCUT2D eigenvalue weighted by Gasteiger charge is -2.41. The molecule has 0 saturated carbocycles. The van der Waals surface area contributed by atoms with Crippen LogP contribution < -0.4 is 10.1 Å². The van der Waals surface area contributed by atoms with Crippen LogP contribution in [0.4, 0.5) is 0 Å². The molecule has 0 spiro atoms. The van der Waals surface area contributed by atoms with Crippen molar-refractivity contribution in [3.05, 3.63) is 28.3 Å². The molecule has 0 bridgehead atoms. The van der Waals surface area contributed by atoms with Gasteiger partial charge in [-0.1, -0.05) is 18.5 Å². The molecule has 1 N–H and O–H groups in total. The van der Waals surface area contributed by atoms with E-state index in [0.717, 1.165) is 56.4 Å². The Balaban J connectivity index is 1.78. The number of fused-ring (bicyclic) bond motifs is 1. The van der Waals surface area contributed by atoms with Crippen molar-refractivity contribution in [2.45, 2.75) is 38.8 Å². The Morgan fingerprint density at radius 1 is 1.45 bits per heavy atom. The molecule has 2 aliphatic rings. The Morgan fingerprint density at radius 2 is 2.30 bits per heavy atom. The Bertz CT molecular complexity index is 505. The number of nitrogens with zero attached hydrogens (tertiary/aromatic N) is 1. The second-order valence-corrected chi connectivity index (χ2v) is 6.64. The summed E-state index contributed by atoms with van der Waals surface area (Å²) < 4.78 is 5.80. The highest BCUT2D eigenvalue weighted by atomic mass is 35.5. The molecule has 1 unspecified atom stereocenters. The molecule has 4 heteroatoms. The van der Waals surface area contributed by atoms with E-state index in [0.29, 0.717) is 0 Å². The number of piperazine rings is 1. The maximum atomic E-state index is 6.24. The van der Waals surface area contributed by atoms with Crippen molar-refractivity contribution in [3.8, 4) is 5.75 Å². The van der Waals surface area contributed by atoms with Gasteiger partial charge in [0.05, 0.1) is 6.61 Å². The van der Waals surface area contributed by atoms with Gasteiger partial charge in [-0.25, -0.2) is 0 Å². The average Bonchev–Trinajstić information content (AvgIpc) is 2.87. The van der Waals surface area contributed by atoms with Gasteiger partial charge in [0, 0.05) is 48.7 Å². The first kappa shape index (κ1) is 14.2. The number of halogens is 1. The smallest absolute Gasteiger partial charge is 0.127 e. The van der Waals surface area contributed by atoms with Gasteiger partial charge in [-0.05, 0) is 31.0 Å². The van der Waals surface area contributed by atoms with E-state index in [2.05, 4.69) is 30.1 Å². The minimum atomic E-state index is 0.223. The van der Waals surface area contributed by atoms with Crippen molar-refractivity contribution in [3.63, 3.8) is 0 Å². The molecular formula is C16H23ClN2O. The minimum Gasteiger partial charge on any atom is -0.493 e. The zero-order chi connectivity index (χ0) is 14.2. The van der Waals surface area contributed by atoms with Crippen molar-refractivity contribution < 1.29 is 4.74 Å². The molecule has 0 amide bonds. The van der Waals surface area contributed by atoms with E-state index in [1.54, 1.807) is 0 Å². The number of nitrogens with one attached hydrogen (secondary N) is 1. The Morgan fingerprint density at radius 3 is 3.10 bits per heavy atom. The van der Waals surface area contributed by atoms with Gasteiger partial charge in [-0.15, -0.1) is 0 Å². The van der Waals surface area contributed by atoms with Gasteiger partial charge >= 0.3 is 0 Å². The number of hydrogen-bond acceptors (Lipinski definition) is 3. The van der Waals surface area contributed by atoms with Crippen LogP contribution in [-0.2, 0) is 13.0 Å². The third-order valence-corrected chi connectivity index (χ3v) is 4.77. The standard InChI is InChI=1S/C16H23ClN2O/c1-3-16(2)11-19(6-5-18-16)10-13-9-14(17)8-12-4-7-20-15(12)13/h8-9,18H,3-7,10-11H2,1-2H3. The monoisotopic (exact) mass is 294 g/mol. The highest BCUT2D eigenvalue weighted by Gasteiger charge is 2.29. The second-order valence-electron chi connectivity index (χ2n) is 6.20. The van der Waals surface area contributed by atoms with Crippen molar-refractivity contribution in [1.29, 1.82) is 0 Å². The van der Waals surface area contributed by atoms with Gasteiger partial charge in [0.25, 0.3) is 0 Å². The fourth-order valence-electron chi connectivity index (χ4n) is 3.22. The summed E-state index contributed by atoms with van der Waals surface area (Å²) in [6, 6.07) is 4.11. The lowest BCUT2D eigenvalue weighted by atomic mass is 9.95. The molecule has 0 aliphatic carbocycles. The fraction of sp³-hybridized carbons (Fsp3) is 0.625. The second kappa shape index (κ2) is 5.55. The van der Waals surface area contributed by atoms with Crippen molar-refractivity contribution >= 4 is 11.6 Å². The number of ether oxygens (including phenoxy) is 1. The lowest BCUT2D eigenvalue weighted by molar-refractivity contribution is 0.132. The van der Waals surface area contributed by atoms with E-state index < -0.39 is 0 Å². The third kappa shape index (κ3) is 2.80. The molecule has 0 aromatic heterocycles. The van der Waals surface area contributed by atoms with Crippen molar-refractivity contribution in [1.82, 2.24) is 10.2 Å². The fourth-order valence-corrected chi connectivity index (χ4v) is 3.48. The van der Waals surface area contributed by atoms with Crippen LogP contribution in [0.25, 0.3) is 0 Å². The van der Waals surface area contributed by atoms with Gasteiger partial charge in [-0.3, -0.25) is 4.90 Å². The summed E-state index contributed by atoms with van der Waals surface area (Å²) in [7, 11) is 0. The van der Waals surface area contributed by atoms with Crippen LogP contribution in [0.3, 0.4) is 0 Å². The molecule has 3 nitrogen and oxygen atoms in total. The number of hydrogen-bond donors (Lipinski definition) is 1. The molecule has 0 radical (unpaired) electrons. The van der Waals surface area contributed by atoms with Crippen molar-refractivity contribution in [2.24, 2.45) is 0 Å². The Kier molecular flexibility index (Phi) is 3.93. The van der Waals surface area contributed by atoms with Crippen LogP contribution >= 0.6 is 11.6 Å². The highest BCUT2D eigenvalue weighted by Crippen LogP contribution is 2.34. The van der Waals surface area contributed by atoms with Crippen LogP contribution in [0.5, 0.6) is 5.75 Å². The highest BCUT2D eigenvalue weighted by molar-refractivity contribution is 6.30. The summed E-state index contributed by atoms with van der Waals surface area (Å²) in [5, 5.41) is 4.46. The van der Waals surface area contributed by atoms with E-state index >= 15 is 0 Å². The summed E-state index contributed by atoms with van der Waals surface area (Å²) in [6.07, 6.45) is 2.13. The van der Waals surface area contributed by atoms with Crippen molar-refractivity contribution in [2.75, 3.05) is 26.2 Å². The van der Waals surface area contributed by atoms with E-state index in [4.69, 9.17) is 16.3 Å². The predicted octanol–water partition coefficient (Wildman–Crippen LogP) is 2.85. The van der Waals surface area contributed by atoms with E-state index in [1.165, 1.54) is 11.1 Å². The number of benzene rings is 1. The van der Waals surface area contributed by atoms with Gasteiger partial charge in [-0.2, -0.15) is 0 Å². The zero-order valence-electron chi connectivity index (χ0n) is 12.3. The van der Waals surface area contributed by atoms with Crippen LogP contribution in [-0.4, -0.2) is 36.7 Å². The average molecular weight is 295 g/mol. The zero-order valence-corrected chi connectivity index (χ0v) is 13.1. The molecule has 1 fully saturated rings. The molecule has 20 heavy (non-hydrogen) atoms. The van der Waals surface area contributed by atoms with Gasteiger partial charge in [0.15, 0.2) is 0 Å². The Labute approximate surface area is 126 Å². The first-order valence-corrected chi connectivity index (χ1v) is 7.89. The molecule has 2 heterocycles.